The lowest BCUT2D eigenvalue weighted by molar-refractivity contribution is 0.300. The molecule has 1 fully saturated rings. The Hall–Kier alpha value is -3.56. The van der Waals surface area contributed by atoms with Gasteiger partial charge >= 0.3 is 0 Å². The molecule has 6 heteroatoms. The summed E-state index contributed by atoms with van der Waals surface area (Å²) in [6.45, 7) is 2.99. The molecule has 162 valence electrons. The van der Waals surface area contributed by atoms with Crippen molar-refractivity contribution in [2.45, 2.75) is 25.9 Å². The minimum Gasteiger partial charge on any atom is -0.497 e. The third-order valence-electron chi connectivity index (χ3n) is 6.53. The van der Waals surface area contributed by atoms with Crippen LogP contribution in [0.1, 0.15) is 24.0 Å². The quantitative estimate of drug-likeness (QED) is 0.469. The molecule has 4 aromatic rings. The number of fused-ring (bicyclic) bond motifs is 3. The summed E-state index contributed by atoms with van der Waals surface area (Å²) in [5.41, 5.74) is 6.29. The average molecular weight is 426 g/mol. The number of nitrogens with zero attached hydrogens (tertiary/aromatic N) is 5. The minimum atomic E-state index is 0.274. The Morgan fingerprint density at radius 3 is 2.72 bits per heavy atom. The van der Waals surface area contributed by atoms with E-state index < -0.39 is 0 Å². The predicted molar refractivity (Wildman–Crippen MR) is 128 cm³/mol. The lowest BCUT2D eigenvalue weighted by atomic mass is 9.97. The number of aromatic nitrogens is 2. The molecular weight excluding hydrogens is 398 g/mol. The standard InChI is InChI=1S/C26H27N5O/c1-17-20(16-27)25-28-21-11-5-6-12-22(21)31(25)26(30-14-8-13-23(30)29(2)3)24(17)18-9-7-10-19(15-18)32-4/h5-7,9-12,15,23H,8,13-14H2,1-4H3. The van der Waals surface area contributed by atoms with Crippen LogP contribution in [-0.2, 0) is 0 Å². The van der Waals surface area contributed by atoms with Gasteiger partial charge in [0.15, 0.2) is 5.65 Å². The molecule has 5 rings (SSSR count). The van der Waals surface area contributed by atoms with E-state index in [4.69, 9.17) is 9.72 Å². The SMILES string of the molecule is COc1cccc(-c2c(C)c(C#N)c3nc4ccccc4n3c2N2CCCC2N(C)C)c1. The predicted octanol–water partition coefficient (Wildman–Crippen LogP) is 4.83. The van der Waals surface area contributed by atoms with Crippen LogP contribution >= 0.6 is 0 Å². The van der Waals surface area contributed by atoms with Gasteiger partial charge in [0.1, 0.15) is 17.6 Å². The first kappa shape index (κ1) is 20.3. The summed E-state index contributed by atoms with van der Waals surface area (Å²) in [6.07, 6.45) is 2.49. The highest BCUT2D eigenvalue weighted by Gasteiger charge is 2.33. The van der Waals surface area contributed by atoms with E-state index in [1.165, 1.54) is 0 Å². The highest BCUT2D eigenvalue weighted by molar-refractivity contribution is 5.92. The van der Waals surface area contributed by atoms with Crippen molar-refractivity contribution in [3.05, 3.63) is 59.7 Å². The van der Waals surface area contributed by atoms with Crippen molar-refractivity contribution in [3.8, 4) is 22.9 Å². The fourth-order valence-corrected chi connectivity index (χ4v) is 5.04. The van der Waals surface area contributed by atoms with Crippen LogP contribution in [0, 0.1) is 18.3 Å². The molecule has 0 N–H and O–H groups in total. The van der Waals surface area contributed by atoms with Crippen LogP contribution in [0.25, 0.3) is 27.8 Å². The number of anilines is 1. The van der Waals surface area contributed by atoms with Gasteiger partial charge in [-0.15, -0.1) is 0 Å². The van der Waals surface area contributed by atoms with E-state index in [0.717, 1.165) is 64.3 Å². The highest BCUT2D eigenvalue weighted by Crippen LogP contribution is 2.42. The third kappa shape index (κ3) is 3.01. The summed E-state index contributed by atoms with van der Waals surface area (Å²) in [4.78, 5) is 9.65. The van der Waals surface area contributed by atoms with Gasteiger partial charge in [-0.2, -0.15) is 5.26 Å². The summed E-state index contributed by atoms with van der Waals surface area (Å²) in [5, 5.41) is 10.2. The Kier molecular flexibility index (Phi) is 4.99. The second-order valence-corrected chi connectivity index (χ2v) is 8.58. The van der Waals surface area contributed by atoms with Crippen molar-refractivity contribution in [1.82, 2.24) is 14.3 Å². The molecule has 0 aliphatic carbocycles. The Labute approximate surface area is 188 Å². The van der Waals surface area contributed by atoms with Gasteiger partial charge in [0, 0.05) is 12.1 Å². The maximum atomic E-state index is 10.2. The first-order valence-electron chi connectivity index (χ1n) is 11.0. The fourth-order valence-electron chi connectivity index (χ4n) is 5.04. The molecule has 3 heterocycles. The molecular formula is C26H27N5O. The van der Waals surface area contributed by atoms with Crippen LogP contribution in [0.5, 0.6) is 5.75 Å². The molecule has 0 saturated carbocycles. The van der Waals surface area contributed by atoms with E-state index in [1.807, 2.05) is 37.3 Å². The number of ether oxygens (including phenoxy) is 1. The molecule has 6 nitrogen and oxygen atoms in total. The second kappa shape index (κ2) is 7.85. The highest BCUT2D eigenvalue weighted by atomic mass is 16.5. The van der Waals surface area contributed by atoms with Gasteiger partial charge in [-0.1, -0.05) is 24.3 Å². The molecule has 1 unspecified atom stereocenters. The average Bonchev–Trinajstić information content (AvgIpc) is 3.43. The Bertz CT molecular complexity index is 1360. The lowest BCUT2D eigenvalue weighted by Crippen LogP contribution is -2.41. The molecule has 0 bridgehead atoms. The molecule has 1 saturated heterocycles. The lowest BCUT2D eigenvalue weighted by Gasteiger charge is -2.34. The molecule has 1 aliphatic rings. The van der Waals surface area contributed by atoms with E-state index in [9.17, 15) is 5.26 Å². The first-order chi connectivity index (χ1) is 15.5. The molecule has 1 atom stereocenters. The number of imidazole rings is 1. The van der Waals surface area contributed by atoms with E-state index in [0.29, 0.717) is 5.56 Å². The van der Waals surface area contributed by atoms with Crippen molar-refractivity contribution in [1.29, 1.82) is 5.26 Å². The van der Waals surface area contributed by atoms with Crippen molar-refractivity contribution in [2.24, 2.45) is 0 Å². The summed E-state index contributed by atoms with van der Waals surface area (Å²) in [7, 11) is 5.95. The molecule has 0 radical (unpaired) electrons. The van der Waals surface area contributed by atoms with Crippen molar-refractivity contribution in [3.63, 3.8) is 0 Å². The number of hydrogen-bond donors (Lipinski definition) is 0. The van der Waals surface area contributed by atoms with Gasteiger partial charge < -0.3 is 9.64 Å². The number of hydrogen-bond acceptors (Lipinski definition) is 5. The van der Waals surface area contributed by atoms with Gasteiger partial charge in [-0.3, -0.25) is 9.30 Å². The first-order valence-corrected chi connectivity index (χ1v) is 11.0. The molecule has 2 aromatic carbocycles. The summed E-state index contributed by atoms with van der Waals surface area (Å²) in [5.74, 6) is 1.89. The zero-order chi connectivity index (χ0) is 22.4. The summed E-state index contributed by atoms with van der Waals surface area (Å²) in [6, 6.07) is 18.7. The normalized spacial score (nSPS) is 16.2. The zero-order valence-corrected chi connectivity index (χ0v) is 19.0. The number of nitriles is 1. The van der Waals surface area contributed by atoms with Gasteiger partial charge in [-0.25, -0.2) is 4.98 Å². The van der Waals surface area contributed by atoms with Crippen molar-refractivity contribution >= 4 is 22.5 Å². The molecule has 0 spiro atoms. The number of para-hydroxylation sites is 2. The second-order valence-electron chi connectivity index (χ2n) is 8.58. The van der Waals surface area contributed by atoms with Gasteiger partial charge in [-0.05, 0) is 69.3 Å². The van der Waals surface area contributed by atoms with Crippen LogP contribution in [0.3, 0.4) is 0 Å². The smallest absolute Gasteiger partial charge is 0.157 e. The topological polar surface area (TPSA) is 56.8 Å². The van der Waals surface area contributed by atoms with Gasteiger partial charge in [0.25, 0.3) is 0 Å². The Balaban J connectivity index is 1.96. The maximum absolute atomic E-state index is 10.2. The van der Waals surface area contributed by atoms with Crippen LogP contribution in [0.2, 0.25) is 0 Å². The molecule has 1 aliphatic heterocycles. The summed E-state index contributed by atoms with van der Waals surface area (Å²) < 4.78 is 7.73. The van der Waals surface area contributed by atoms with Crippen molar-refractivity contribution in [2.75, 3.05) is 32.6 Å². The van der Waals surface area contributed by atoms with Crippen LogP contribution in [0.15, 0.2) is 48.5 Å². The number of methoxy groups -OCH3 is 1. The van der Waals surface area contributed by atoms with Gasteiger partial charge in [0.05, 0.1) is 29.9 Å². The fraction of sp³-hybridized carbons (Fsp3) is 0.308. The number of pyridine rings is 1. The zero-order valence-electron chi connectivity index (χ0n) is 19.0. The van der Waals surface area contributed by atoms with Crippen molar-refractivity contribution < 1.29 is 4.74 Å². The largest absolute Gasteiger partial charge is 0.497 e. The van der Waals surface area contributed by atoms with Gasteiger partial charge in [0.2, 0.25) is 0 Å². The van der Waals surface area contributed by atoms with Crippen LogP contribution in [0.4, 0.5) is 5.82 Å². The van der Waals surface area contributed by atoms with Crippen LogP contribution < -0.4 is 9.64 Å². The monoisotopic (exact) mass is 425 g/mol. The Morgan fingerprint density at radius 1 is 1.16 bits per heavy atom. The molecule has 0 amide bonds. The summed E-state index contributed by atoms with van der Waals surface area (Å²) >= 11 is 0. The van der Waals surface area contributed by atoms with Crippen LogP contribution in [-0.4, -0.2) is 48.2 Å². The van der Waals surface area contributed by atoms with E-state index in [-0.39, 0.29) is 6.17 Å². The van der Waals surface area contributed by atoms with E-state index in [1.54, 1.807) is 7.11 Å². The van der Waals surface area contributed by atoms with E-state index >= 15 is 0 Å². The minimum absolute atomic E-state index is 0.274. The maximum Gasteiger partial charge on any atom is 0.157 e. The van der Waals surface area contributed by atoms with E-state index in [2.05, 4.69) is 52.6 Å². The Morgan fingerprint density at radius 2 is 1.97 bits per heavy atom. The number of benzene rings is 2. The molecule has 2 aromatic heterocycles. The number of rotatable bonds is 4. The molecule has 32 heavy (non-hydrogen) atoms. The third-order valence-corrected chi connectivity index (χ3v) is 6.53.